The zero-order chi connectivity index (χ0) is 13.2. The Hall–Kier alpha value is -1.68. The van der Waals surface area contributed by atoms with Crippen LogP contribution < -0.4 is 10.9 Å². The first kappa shape index (κ1) is 12.8. The maximum Gasteiger partial charge on any atom is 0.258 e. The molecule has 0 aliphatic rings. The van der Waals surface area contributed by atoms with Crippen LogP contribution in [0.15, 0.2) is 35.3 Å². The van der Waals surface area contributed by atoms with Gasteiger partial charge in [-0.25, -0.2) is 4.98 Å². The molecule has 0 saturated heterocycles. The average molecular weight is 245 g/mol. The second kappa shape index (κ2) is 4.90. The number of hydrogen-bond donors (Lipinski definition) is 1. The molecule has 0 radical (unpaired) electrons. The maximum atomic E-state index is 11.9. The van der Waals surface area contributed by atoms with E-state index >= 15 is 0 Å². The fourth-order valence-corrected chi connectivity index (χ4v) is 1.65. The fourth-order valence-electron chi connectivity index (χ4n) is 1.65. The predicted molar refractivity (Wildman–Crippen MR) is 72.7 cm³/mol. The summed E-state index contributed by atoms with van der Waals surface area (Å²) in [5, 5.41) is 3.41. The molecule has 96 valence electrons. The molecule has 0 aliphatic carbocycles. The standard InChI is InChI=1S/C14H19N3O/c1-4-14(2,3)15-10-11-9-13(18)17-8-6-5-7-12(17)16-11/h5-9,15H,4,10H2,1-3H3. The van der Waals surface area contributed by atoms with Gasteiger partial charge in [-0.15, -0.1) is 0 Å². The molecule has 1 N–H and O–H groups in total. The normalized spacial score (nSPS) is 11.9. The van der Waals surface area contributed by atoms with Crippen molar-refractivity contribution in [3.63, 3.8) is 0 Å². The molecule has 0 spiro atoms. The molecule has 4 heteroatoms. The number of rotatable bonds is 4. The van der Waals surface area contributed by atoms with E-state index in [0.29, 0.717) is 12.2 Å². The number of aromatic nitrogens is 2. The Morgan fingerprint density at radius 2 is 2.17 bits per heavy atom. The third-order valence-electron chi connectivity index (χ3n) is 3.26. The molecular weight excluding hydrogens is 226 g/mol. The Balaban J connectivity index is 2.28. The van der Waals surface area contributed by atoms with Gasteiger partial charge in [0.2, 0.25) is 0 Å². The lowest BCUT2D eigenvalue weighted by molar-refractivity contribution is 0.372. The molecule has 0 amide bonds. The summed E-state index contributed by atoms with van der Waals surface area (Å²) < 4.78 is 1.55. The Kier molecular flexibility index (Phi) is 3.48. The number of hydrogen-bond acceptors (Lipinski definition) is 3. The van der Waals surface area contributed by atoms with Crippen molar-refractivity contribution in [2.24, 2.45) is 0 Å². The molecule has 0 aliphatic heterocycles. The summed E-state index contributed by atoms with van der Waals surface area (Å²) >= 11 is 0. The topological polar surface area (TPSA) is 46.4 Å². The highest BCUT2D eigenvalue weighted by molar-refractivity contribution is 5.37. The zero-order valence-corrected chi connectivity index (χ0v) is 11.1. The van der Waals surface area contributed by atoms with Crippen LogP contribution in [-0.4, -0.2) is 14.9 Å². The first-order chi connectivity index (χ1) is 8.52. The van der Waals surface area contributed by atoms with Gasteiger partial charge in [-0.2, -0.15) is 0 Å². The minimum atomic E-state index is -0.0355. The van der Waals surface area contributed by atoms with E-state index in [2.05, 4.69) is 31.1 Å². The van der Waals surface area contributed by atoms with Crippen LogP contribution in [0.3, 0.4) is 0 Å². The third kappa shape index (κ3) is 2.76. The summed E-state index contributed by atoms with van der Waals surface area (Å²) in [7, 11) is 0. The first-order valence-corrected chi connectivity index (χ1v) is 6.24. The molecule has 0 atom stereocenters. The fraction of sp³-hybridized carbons (Fsp3) is 0.429. The van der Waals surface area contributed by atoms with Crippen LogP contribution in [0.25, 0.3) is 5.65 Å². The average Bonchev–Trinajstić information content (AvgIpc) is 2.37. The summed E-state index contributed by atoms with van der Waals surface area (Å²) in [4.78, 5) is 16.4. The van der Waals surface area contributed by atoms with Crippen molar-refractivity contribution in [1.29, 1.82) is 0 Å². The van der Waals surface area contributed by atoms with Gasteiger partial charge >= 0.3 is 0 Å². The van der Waals surface area contributed by atoms with Gasteiger partial charge in [-0.1, -0.05) is 13.0 Å². The highest BCUT2D eigenvalue weighted by Gasteiger charge is 2.14. The number of pyridine rings is 1. The molecule has 2 rings (SSSR count). The number of fused-ring (bicyclic) bond motifs is 1. The van der Waals surface area contributed by atoms with Crippen molar-refractivity contribution in [1.82, 2.24) is 14.7 Å². The van der Waals surface area contributed by atoms with Crippen LogP contribution in [0, 0.1) is 0 Å². The maximum absolute atomic E-state index is 11.9. The van der Waals surface area contributed by atoms with Gasteiger partial charge in [0.15, 0.2) is 0 Å². The molecule has 0 bridgehead atoms. The lowest BCUT2D eigenvalue weighted by Gasteiger charge is -2.24. The summed E-state index contributed by atoms with van der Waals surface area (Å²) in [6.07, 6.45) is 2.76. The number of nitrogens with one attached hydrogen (secondary N) is 1. The van der Waals surface area contributed by atoms with E-state index in [4.69, 9.17) is 0 Å². The van der Waals surface area contributed by atoms with Gasteiger partial charge in [-0.3, -0.25) is 9.20 Å². The van der Waals surface area contributed by atoms with Crippen molar-refractivity contribution >= 4 is 5.65 Å². The van der Waals surface area contributed by atoms with Gasteiger partial charge in [0.1, 0.15) is 5.65 Å². The Bertz CT molecular complexity index is 601. The van der Waals surface area contributed by atoms with E-state index in [9.17, 15) is 4.79 Å². The monoisotopic (exact) mass is 245 g/mol. The molecule has 2 aromatic heterocycles. The molecule has 2 aromatic rings. The van der Waals surface area contributed by atoms with Crippen molar-refractivity contribution in [3.8, 4) is 0 Å². The molecule has 0 saturated carbocycles. The van der Waals surface area contributed by atoms with Crippen molar-refractivity contribution in [2.75, 3.05) is 0 Å². The van der Waals surface area contributed by atoms with Crippen molar-refractivity contribution in [3.05, 3.63) is 46.5 Å². The zero-order valence-electron chi connectivity index (χ0n) is 11.1. The van der Waals surface area contributed by atoms with Crippen LogP contribution in [0.5, 0.6) is 0 Å². The summed E-state index contributed by atoms with van der Waals surface area (Å²) in [6, 6.07) is 7.14. The molecule has 0 fully saturated rings. The van der Waals surface area contributed by atoms with Gasteiger partial charge in [0, 0.05) is 24.3 Å². The van der Waals surface area contributed by atoms with Gasteiger partial charge in [0.25, 0.3) is 5.56 Å². The quantitative estimate of drug-likeness (QED) is 0.896. The van der Waals surface area contributed by atoms with Crippen molar-refractivity contribution in [2.45, 2.75) is 39.3 Å². The predicted octanol–water partition coefficient (Wildman–Crippen LogP) is 1.97. The first-order valence-electron chi connectivity index (χ1n) is 6.24. The highest BCUT2D eigenvalue weighted by Crippen LogP contribution is 2.08. The Labute approximate surface area is 107 Å². The summed E-state index contributed by atoms with van der Waals surface area (Å²) in [5.41, 5.74) is 1.50. The van der Waals surface area contributed by atoms with E-state index in [0.717, 1.165) is 12.1 Å². The molecule has 2 heterocycles. The smallest absolute Gasteiger partial charge is 0.258 e. The van der Waals surface area contributed by atoms with Gasteiger partial charge in [0.05, 0.1) is 5.69 Å². The van der Waals surface area contributed by atoms with Crippen LogP contribution >= 0.6 is 0 Å². The molecule has 18 heavy (non-hydrogen) atoms. The van der Waals surface area contributed by atoms with Crippen LogP contribution in [0.1, 0.15) is 32.9 Å². The SMILES string of the molecule is CCC(C)(C)NCc1cc(=O)n2ccccc2n1. The van der Waals surface area contributed by atoms with Crippen LogP contribution in [-0.2, 0) is 6.54 Å². The summed E-state index contributed by atoms with van der Waals surface area (Å²) in [5.74, 6) is 0. The van der Waals surface area contributed by atoms with E-state index < -0.39 is 0 Å². The van der Waals surface area contributed by atoms with E-state index in [-0.39, 0.29) is 11.1 Å². The highest BCUT2D eigenvalue weighted by atomic mass is 16.1. The van der Waals surface area contributed by atoms with E-state index in [1.165, 1.54) is 0 Å². The second-order valence-electron chi connectivity index (χ2n) is 5.11. The third-order valence-corrected chi connectivity index (χ3v) is 3.26. The van der Waals surface area contributed by atoms with Crippen LogP contribution in [0.2, 0.25) is 0 Å². The Morgan fingerprint density at radius 3 is 2.89 bits per heavy atom. The molecular formula is C14H19N3O. The van der Waals surface area contributed by atoms with Crippen LogP contribution in [0.4, 0.5) is 0 Å². The Morgan fingerprint density at radius 1 is 1.39 bits per heavy atom. The largest absolute Gasteiger partial charge is 0.306 e. The lowest BCUT2D eigenvalue weighted by atomic mass is 10.0. The van der Waals surface area contributed by atoms with Crippen molar-refractivity contribution < 1.29 is 0 Å². The van der Waals surface area contributed by atoms with Gasteiger partial charge in [-0.05, 0) is 32.4 Å². The molecule has 0 unspecified atom stereocenters. The molecule has 4 nitrogen and oxygen atoms in total. The summed E-state index contributed by atoms with van der Waals surface area (Å²) in [6.45, 7) is 7.03. The van der Waals surface area contributed by atoms with Gasteiger partial charge < -0.3 is 5.32 Å². The lowest BCUT2D eigenvalue weighted by Crippen LogP contribution is -2.38. The minimum absolute atomic E-state index is 0.0355. The second-order valence-corrected chi connectivity index (χ2v) is 5.11. The minimum Gasteiger partial charge on any atom is -0.306 e. The van der Waals surface area contributed by atoms with E-state index in [1.54, 1.807) is 16.7 Å². The number of nitrogens with zero attached hydrogens (tertiary/aromatic N) is 2. The molecule has 0 aromatic carbocycles. The van der Waals surface area contributed by atoms with E-state index in [1.807, 2.05) is 18.2 Å².